The van der Waals surface area contributed by atoms with E-state index in [1.807, 2.05) is 18.2 Å². The smallest absolute Gasteiger partial charge is 0.171 e. The minimum Gasteiger partial charge on any atom is -0.355 e. The fourth-order valence-corrected chi connectivity index (χ4v) is 2.57. The molecule has 0 amide bonds. The average molecular weight is 298 g/mol. The van der Waals surface area contributed by atoms with Gasteiger partial charge in [0.25, 0.3) is 0 Å². The topological polar surface area (TPSA) is 24.1 Å². The van der Waals surface area contributed by atoms with Crippen molar-refractivity contribution < 1.29 is 0 Å². The maximum Gasteiger partial charge on any atom is 0.171 e. The minimum atomic E-state index is 0.205. The summed E-state index contributed by atoms with van der Waals surface area (Å²) in [7, 11) is 0. The van der Waals surface area contributed by atoms with Gasteiger partial charge in [-0.25, -0.2) is 0 Å². The molecule has 0 heterocycles. The van der Waals surface area contributed by atoms with Crippen LogP contribution in [-0.2, 0) is 0 Å². The molecule has 2 nitrogen and oxygen atoms in total. The lowest BCUT2D eigenvalue weighted by atomic mass is 9.96. The summed E-state index contributed by atoms with van der Waals surface area (Å²) in [6, 6.07) is 18.8. The van der Waals surface area contributed by atoms with E-state index in [0.717, 1.165) is 5.69 Å². The van der Waals surface area contributed by atoms with Gasteiger partial charge in [-0.1, -0.05) is 56.3 Å². The van der Waals surface area contributed by atoms with Gasteiger partial charge in [0, 0.05) is 5.69 Å². The predicted octanol–water partition coefficient (Wildman–Crippen LogP) is 4.68. The van der Waals surface area contributed by atoms with Crippen molar-refractivity contribution in [3.63, 3.8) is 0 Å². The molecule has 1 atom stereocenters. The third kappa shape index (κ3) is 4.57. The fraction of sp³-hybridized carbons (Fsp3) is 0.278. The Bertz CT molecular complexity index is 593. The highest BCUT2D eigenvalue weighted by Gasteiger charge is 2.16. The molecular weight excluding hydrogens is 276 g/mol. The van der Waals surface area contributed by atoms with Crippen molar-refractivity contribution in [2.24, 2.45) is 5.92 Å². The van der Waals surface area contributed by atoms with Crippen molar-refractivity contribution in [2.45, 2.75) is 26.8 Å². The molecule has 0 aliphatic carbocycles. The molecule has 0 saturated heterocycles. The molecule has 0 aromatic heterocycles. The van der Waals surface area contributed by atoms with Crippen LogP contribution >= 0.6 is 12.2 Å². The van der Waals surface area contributed by atoms with Crippen LogP contribution in [0.4, 0.5) is 5.69 Å². The van der Waals surface area contributed by atoms with Crippen LogP contribution in [0.5, 0.6) is 0 Å². The summed E-state index contributed by atoms with van der Waals surface area (Å²) < 4.78 is 0. The van der Waals surface area contributed by atoms with Gasteiger partial charge in [0.15, 0.2) is 5.11 Å². The highest BCUT2D eigenvalue weighted by atomic mass is 32.1. The van der Waals surface area contributed by atoms with Crippen LogP contribution in [0.25, 0.3) is 0 Å². The minimum absolute atomic E-state index is 0.205. The quantitative estimate of drug-likeness (QED) is 0.802. The van der Waals surface area contributed by atoms with Gasteiger partial charge in [0.05, 0.1) is 6.04 Å². The number of nitrogens with one attached hydrogen (secondary N) is 2. The number of thiocarbonyl (C=S) groups is 1. The molecule has 0 aliphatic rings. The number of benzene rings is 2. The Morgan fingerprint density at radius 1 is 1.00 bits per heavy atom. The summed E-state index contributed by atoms with van der Waals surface area (Å²) in [5, 5.41) is 7.33. The zero-order valence-electron chi connectivity index (χ0n) is 12.8. The molecule has 110 valence electrons. The Morgan fingerprint density at radius 3 is 2.33 bits per heavy atom. The third-order valence-corrected chi connectivity index (χ3v) is 3.61. The van der Waals surface area contributed by atoms with E-state index in [2.05, 4.69) is 67.8 Å². The van der Waals surface area contributed by atoms with Crippen molar-refractivity contribution in [1.29, 1.82) is 0 Å². The zero-order valence-corrected chi connectivity index (χ0v) is 13.6. The molecule has 3 heteroatoms. The molecule has 21 heavy (non-hydrogen) atoms. The van der Waals surface area contributed by atoms with E-state index in [4.69, 9.17) is 12.2 Å². The van der Waals surface area contributed by atoms with Crippen LogP contribution in [-0.4, -0.2) is 5.11 Å². The number of hydrogen-bond acceptors (Lipinski definition) is 1. The van der Waals surface area contributed by atoms with Crippen molar-refractivity contribution in [3.05, 3.63) is 65.7 Å². The first-order valence-corrected chi connectivity index (χ1v) is 7.66. The maximum atomic E-state index is 5.45. The summed E-state index contributed by atoms with van der Waals surface area (Å²) >= 11 is 5.45. The van der Waals surface area contributed by atoms with Gasteiger partial charge in [0.1, 0.15) is 0 Å². The SMILES string of the molecule is Cc1cccc(NC(=S)N[C@H](c2ccccc2)C(C)C)c1. The van der Waals surface area contributed by atoms with E-state index in [1.165, 1.54) is 11.1 Å². The summed E-state index contributed by atoms with van der Waals surface area (Å²) in [5.41, 5.74) is 3.48. The van der Waals surface area contributed by atoms with Gasteiger partial charge >= 0.3 is 0 Å². The van der Waals surface area contributed by atoms with Crippen molar-refractivity contribution in [2.75, 3.05) is 5.32 Å². The van der Waals surface area contributed by atoms with Gasteiger partial charge in [-0.3, -0.25) is 0 Å². The predicted molar refractivity (Wildman–Crippen MR) is 94.6 cm³/mol. The van der Waals surface area contributed by atoms with Crippen LogP contribution in [0.15, 0.2) is 54.6 Å². The Kier molecular flexibility index (Phi) is 5.34. The molecule has 0 bridgehead atoms. The number of hydrogen-bond donors (Lipinski definition) is 2. The summed E-state index contributed by atoms with van der Waals surface area (Å²) in [6.07, 6.45) is 0. The molecule has 2 aromatic rings. The first-order valence-electron chi connectivity index (χ1n) is 7.25. The van der Waals surface area contributed by atoms with E-state index in [9.17, 15) is 0 Å². The highest BCUT2D eigenvalue weighted by molar-refractivity contribution is 7.80. The monoisotopic (exact) mass is 298 g/mol. The van der Waals surface area contributed by atoms with Gasteiger partial charge in [0.2, 0.25) is 0 Å². The Balaban J connectivity index is 2.05. The second-order valence-electron chi connectivity index (χ2n) is 5.60. The molecule has 2 aromatic carbocycles. The van der Waals surface area contributed by atoms with Crippen LogP contribution in [0.1, 0.15) is 31.0 Å². The first-order chi connectivity index (χ1) is 10.1. The zero-order chi connectivity index (χ0) is 15.2. The molecule has 0 fully saturated rings. The largest absolute Gasteiger partial charge is 0.355 e. The van der Waals surface area contributed by atoms with E-state index >= 15 is 0 Å². The van der Waals surface area contributed by atoms with E-state index in [1.54, 1.807) is 0 Å². The fourth-order valence-electron chi connectivity index (χ4n) is 2.33. The lowest BCUT2D eigenvalue weighted by Gasteiger charge is -2.24. The summed E-state index contributed by atoms with van der Waals surface area (Å²) in [6.45, 7) is 6.46. The second kappa shape index (κ2) is 7.23. The second-order valence-corrected chi connectivity index (χ2v) is 6.01. The summed E-state index contributed by atoms with van der Waals surface area (Å²) in [4.78, 5) is 0. The van der Waals surface area contributed by atoms with Gasteiger partial charge in [-0.2, -0.15) is 0 Å². The standard InChI is InChI=1S/C18H22N2S/c1-13(2)17(15-9-5-4-6-10-15)20-18(21)19-16-11-7-8-14(3)12-16/h4-13,17H,1-3H3,(H2,19,20,21)/t17-/m0/s1. The molecule has 0 unspecified atom stereocenters. The lowest BCUT2D eigenvalue weighted by Crippen LogP contribution is -2.34. The van der Waals surface area contributed by atoms with Crippen LogP contribution in [0.3, 0.4) is 0 Å². The molecule has 2 N–H and O–H groups in total. The van der Waals surface area contributed by atoms with E-state index < -0.39 is 0 Å². The molecule has 0 spiro atoms. The number of aryl methyl sites for hydroxylation is 1. The maximum absolute atomic E-state index is 5.45. The molecule has 0 radical (unpaired) electrons. The van der Waals surface area contributed by atoms with Crippen LogP contribution < -0.4 is 10.6 Å². The first kappa shape index (κ1) is 15.5. The normalized spacial score (nSPS) is 12.0. The van der Waals surface area contributed by atoms with Gasteiger partial charge in [-0.05, 0) is 48.3 Å². The van der Waals surface area contributed by atoms with Gasteiger partial charge < -0.3 is 10.6 Å². The highest BCUT2D eigenvalue weighted by Crippen LogP contribution is 2.21. The van der Waals surface area contributed by atoms with E-state index in [0.29, 0.717) is 11.0 Å². The molecule has 0 saturated carbocycles. The number of anilines is 1. The van der Waals surface area contributed by atoms with Crippen molar-refractivity contribution >= 4 is 23.0 Å². The molecular formula is C18H22N2S. The van der Waals surface area contributed by atoms with Crippen LogP contribution in [0.2, 0.25) is 0 Å². The van der Waals surface area contributed by atoms with E-state index in [-0.39, 0.29) is 6.04 Å². The van der Waals surface area contributed by atoms with Crippen LogP contribution in [0, 0.1) is 12.8 Å². The third-order valence-electron chi connectivity index (χ3n) is 3.39. The molecule has 0 aliphatic heterocycles. The molecule has 2 rings (SSSR count). The Morgan fingerprint density at radius 2 is 1.71 bits per heavy atom. The average Bonchev–Trinajstić information content (AvgIpc) is 2.45. The van der Waals surface area contributed by atoms with Crippen molar-refractivity contribution in [3.8, 4) is 0 Å². The Labute approximate surface area is 132 Å². The Hall–Kier alpha value is -1.87. The van der Waals surface area contributed by atoms with Gasteiger partial charge in [-0.15, -0.1) is 0 Å². The number of rotatable bonds is 4. The van der Waals surface area contributed by atoms with Crippen molar-refractivity contribution in [1.82, 2.24) is 5.32 Å². The summed E-state index contributed by atoms with van der Waals surface area (Å²) in [5.74, 6) is 0.449. The lowest BCUT2D eigenvalue weighted by molar-refractivity contribution is 0.473.